The summed E-state index contributed by atoms with van der Waals surface area (Å²) in [7, 11) is 0. The average molecular weight is 332 g/mol. The van der Waals surface area contributed by atoms with E-state index < -0.39 is 0 Å². The fourth-order valence-corrected chi connectivity index (χ4v) is 3.10. The van der Waals surface area contributed by atoms with Gasteiger partial charge in [0, 0.05) is 16.7 Å². The molecule has 0 saturated heterocycles. The molecule has 3 rings (SSSR count). The van der Waals surface area contributed by atoms with Crippen LogP contribution in [0.4, 0.5) is 0 Å². The van der Waals surface area contributed by atoms with Crippen LogP contribution >= 0.6 is 0 Å². The van der Waals surface area contributed by atoms with Gasteiger partial charge in [-0.15, -0.1) is 0 Å². The highest BCUT2D eigenvalue weighted by atomic mass is 16.3. The molecule has 0 atom stereocenters. The molecule has 126 valence electrons. The monoisotopic (exact) mass is 332 g/mol. The Kier molecular flexibility index (Phi) is 4.32. The number of phenolic OH excluding ortho intramolecular Hbond substituents is 2. The maximum Gasteiger partial charge on any atom is 0.150 e. The largest absolute Gasteiger partial charge is 0.507 e. The molecule has 3 nitrogen and oxygen atoms in total. The van der Waals surface area contributed by atoms with Crippen LogP contribution in [0.2, 0.25) is 0 Å². The number of rotatable bonds is 3. The summed E-state index contributed by atoms with van der Waals surface area (Å²) in [4.78, 5) is 11.5. The minimum atomic E-state index is 0.163. The highest BCUT2D eigenvalue weighted by Gasteiger charge is 2.16. The summed E-state index contributed by atoms with van der Waals surface area (Å²) in [5.41, 5.74) is 6.34. The lowest BCUT2D eigenvalue weighted by atomic mass is 9.89. The van der Waals surface area contributed by atoms with Gasteiger partial charge in [-0.1, -0.05) is 23.3 Å². The molecule has 0 radical (unpaired) electrons. The fourth-order valence-electron chi connectivity index (χ4n) is 3.10. The van der Waals surface area contributed by atoms with Crippen LogP contribution in [0.5, 0.6) is 11.5 Å². The molecule has 3 aromatic rings. The predicted molar refractivity (Wildman–Crippen MR) is 100 cm³/mol. The van der Waals surface area contributed by atoms with E-state index in [0.717, 1.165) is 34.1 Å². The van der Waals surface area contributed by atoms with Crippen molar-refractivity contribution in [3.63, 3.8) is 0 Å². The van der Waals surface area contributed by atoms with E-state index in [2.05, 4.69) is 0 Å². The zero-order valence-electron chi connectivity index (χ0n) is 14.5. The zero-order valence-corrected chi connectivity index (χ0v) is 14.5. The van der Waals surface area contributed by atoms with Crippen LogP contribution in [0.25, 0.3) is 22.3 Å². The number of benzene rings is 3. The first-order valence-corrected chi connectivity index (χ1v) is 8.10. The average Bonchev–Trinajstić information content (AvgIpc) is 2.60. The summed E-state index contributed by atoms with van der Waals surface area (Å²) in [5, 5.41) is 20.6. The normalized spacial score (nSPS) is 10.7. The lowest BCUT2D eigenvalue weighted by Gasteiger charge is -2.16. The van der Waals surface area contributed by atoms with Crippen molar-refractivity contribution in [2.75, 3.05) is 0 Å². The van der Waals surface area contributed by atoms with Gasteiger partial charge in [-0.05, 0) is 73.9 Å². The quantitative estimate of drug-likeness (QED) is 0.651. The van der Waals surface area contributed by atoms with Gasteiger partial charge in [0.1, 0.15) is 17.8 Å². The van der Waals surface area contributed by atoms with Crippen molar-refractivity contribution < 1.29 is 15.0 Å². The van der Waals surface area contributed by atoms with Gasteiger partial charge >= 0.3 is 0 Å². The molecule has 0 saturated carbocycles. The van der Waals surface area contributed by atoms with Crippen LogP contribution < -0.4 is 0 Å². The van der Waals surface area contributed by atoms with Gasteiger partial charge in [0.2, 0.25) is 0 Å². The number of aldehydes is 1. The van der Waals surface area contributed by atoms with Crippen molar-refractivity contribution in [3.05, 3.63) is 70.8 Å². The zero-order chi connectivity index (χ0) is 18.1. The number of carbonyl (C=O) groups excluding carboxylic acids is 1. The topological polar surface area (TPSA) is 57.5 Å². The Hall–Kier alpha value is -3.07. The van der Waals surface area contributed by atoms with Crippen LogP contribution in [0, 0.1) is 20.8 Å². The second-order valence-electron chi connectivity index (χ2n) is 6.40. The minimum absolute atomic E-state index is 0.163. The predicted octanol–water partition coefficient (Wildman–Crippen LogP) is 5.17. The van der Waals surface area contributed by atoms with Crippen molar-refractivity contribution in [1.82, 2.24) is 0 Å². The van der Waals surface area contributed by atoms with Gasteiger partial charge < -0.3 is 10.2 Å². The third-order valence-electron chi connectivity index (χ3n) is 4.45. The second kappa shape index (κ2) is 6.44. The molecule has 2 N–H and O–H groups in total. The highest BCUT2D eigenvalue weighted by Crippen LogP contribution is 2.40. The first kappa shape index (κ1) is 16.8. The number of carbonyl (C=O) groups is 1. The molecular weight excluding hydrogens is 312 g/mol. The lowest BCUT2D eigenvalue weighted by molar-refractivity contribution is 0.112. The van der Waals surface area contributed by atoms with Crippen molar-refractivity contribution in [2.45, 2.75) is 20.8 Å². The first-order chi connectivity index (χ1) is 11.9. The summed E-state index contributed by atoms with van der Waals surface area (Å²) < 4.78 is 0. The summed E-state index contributed by atoms with van der Waals surface area (Å²) in [6, 6.07) is 14.3. The number of aromatic hydroxyl groups is 2. The fraction of sp³-hybridized carbons (Fsp3) is 0.136. The molecular formula is C22H20O3. The minimum Gasteiger partial charge on any atom is -0.507 e. The first-order valence-electron chi connectivity index (χ1n) is 8.10. The second-order valence-corrected chi connectivity index (χ2v) is 6.40. The van der Waals surface area contributed by atoms with Crippen LogP contribution in [0.15, 0.2) is 48.5 Å². The lowest BCUT2D eigenvalue weighted by Crippen LogP contribution is -1.94. The number of phenols is 2. The molecule has 0 amide bonds. The third-order valence-corrected chi connectivity index (χ3v) is 4.45. The smallest absolute Gasteiger partial charge is 0.150 e. The molecule has 3 heteroatoms. The SMILES string of the molecule is Cc1ccc(O)c(-c2cc(C=O)cc(-c3cc(C)ccc3O)c2C)c1. The molecule has 0 aromatic heterocycles. The Balaban J connectivity index is 2.34. The summed E-state index contributed by atoms with van der Waals surface area (Å²) in [5.74, 6) is 0.326. The Morgan fingerprint density at radius 2 is 1.12 bits per heavy atom. The van der Waals surface area contributed by atoms with E-state index in [1.165, 1.54) is 0 Å². The van der Waals surface area contributed by atoms with Gasteiger partial charge in [0.15, 0.2) is 0 Å². The van der Waals surface area contributed by atoms with E-state index in [0.29, 0.717) is 16.7 Å². The molecule has 25 heavy (non-hydrogen) atoms. The highest BCUT2D eigenvalue weighted by molar-refractivity contribution is 5.89. The molecule has 0 aliphatic carbocycles. The molecule has 0 aliphatic heterocycles. The Labute approximate surface area is 147 Å². The van der Waals surface area contributed by atoms with Gasteiger partial charge in [0.25, 0.3) is 0 Å². The summed E-state index contributed by atoms with van der Waals surface area (Å²) in [6.07, 6.45) is 0.784. The Morgan fingerprint density at radius 1 is 0.680 bits per heavy atom. The van der Waals surface area contributed by atoms with Crippen LogP contribution in [-0.4, -0.2) is 16.5 Å². The Morgan fingerprint density at radius 3 is 1.52 bits per heavy atom. The molecule has 0 unspecified atom stereocenters. The van der Waals surface area contributed by atoms with E-state index >= 15 is 0 Å². The number of hydrogen-bond donors (Lipinski definition) is 2. The molecule has 0 spiro atoms. The van der Waals surface area contributed by atoms with Gasteiger partial charge in [-0.25, -0.2) is 0 Å². The van der Waals surface area contributed by atoms with Crippen molar-refractivity contribution in [2.24, 2.45) is 0 Å². The van der Waals surface area contributed by atoms with Gasteiger partial charge in [-0.2, -0.15) is 0 Å². The molecule has 0 aliphatic rings. The van der Waals surface area contributed by atoms with Crippen molar-refractivity contribution >= 4 is 6.29 Å². The van der Waals surface area contributed by atoms with E-state index in [-0.39, 0.29) is 11.5 Å². The molecule has 0 bridgehead atoms. The molecule has 0 fully saturated rings. The summed E-state index contributed by atoms with van der Waals surface area (Å²) >= 11 is 0. The Bertz CT molecular complexity index is 898. The van der Waals surface area contributed by atoms with Gasteiger partial charge in [-0.3, -0.25) is 4.79 Å². The molecule has 3 aromatic carbocycles. The van der Waals surface area contributed by atoms with E-state index in [9.17, 15) is 15.0 Å². The van der Waals surface area contributed by atoms with Crippen LogP contribution in [0.3, 0.4) is 0 Å². The maximum absolute atomic E-state index is 11.5. The van der Waals surface area contributed by atoms with E-state index in [4.69, 9.17) is 0 Å². The van der Waals surface area contributed by atoms with Crippen LogP contribution in [-0.2, 0) is 0 Å². The standard InChI is InChI=1S/C22H20O3/c1-13-4-6-21(24)19(8-13)17-10-16(12-23)11-18(15(17)3)20-9-14(2)5-7-22(20)25/h4-12,24-25H,1-3H3. The number of aryl methyl sites for hydroxylation is 2. The number of hydrogen-bond acceptors (Lipinski definition) is 3. The third kappa shape index (κ3) is 3.13. The van der Waals surface area contributed by atoms with E-state index in [1.54, 1.807) is 24.3 Å². The van der Waals surface area contributed by atoms with E-state index in [1.807, 2.05) is 45.0 Å². The summed E-state index contributed by atoms with van der Waals surface area (Å²) in [6.45, 7) is 5.84. The van der Waals surface area contributed by atoms with Gasteiger partial charge in [0.05, 0.1) is 0 Å². The maximum atomic E-state index is 11.5. The van der Waals surface area contributed by atoms with Crippen molar-refractivity contribution in [1.29, 1.82) is 0 Å². The molecule has 0 heterocycles. The van der Waals surface area contributed by atoms with Crippen LogP contribution in [0.1, 0.15) is 27.0 Å². The van der Waals surface area contributed by atoms with Crippen molar-refractivity contribution in [3.8, 4) is 33.8 Å².